The average molecular weight is 338 g/mol. The Morgan fingerprint density at radius 1 is 1.50 bits per heavy atom. The fourth-order valence-corrected chi connectivity index (χ4v) is 3.87. The Kier molecular flexibility index (Phi) is 3.87. The van der Waals surface area contributed by atoms with Gasteiger partial charge in [0.2, 0.25) is 0 Å². The molecule has 3 rings (SSSR count). The fourth-order valence-electron chi connectivity index (χ4n) is 3.32. The number of carbonyl (C=O) groups is 1. The summed E-state index contributed by atoms with van der Waals surface area (Å²) in [7, 11) is 0. The molecule has 1 atom stereocenters. The second-order valence-electron chi connectivity index (χ2n) is 5.81. The van der Waals surface area contributed by atoms with E-state index in [2.05, 4.69) is 34.2 Å². The molecule has 0 aliphatic carbocycles. The summed E-state index contributed by atoms with van der Waals surface area (Å²) in [5.41, 5.74) is 2.09. The molecule has 0 saturated carbocycles. The highest BCUT2D eigenvalue weighted by Gasteiger charge is 2.39. The van der Waals surface area contributed by atoms with Crippen molar-refractivity contribution in [3.8, 4) is 5.75 Å². The zero-order valence-electron chi connectivity index (χ0n) is 11.8. The van der Waals surface area contributed by atoms with Crippen LogP contribution in [0.25, 0.3) is 0 Å². The van der Waals surface area contributed by atoms with Crippen LogP contribution in [-0.2, 0) is 17.6 Å². The van der Waals surface area contributed by atoms with Crippen molar-refractivity contribution in [3.05, 3.63) is 27.7 Å². The van der Waals surface area contributed by atoms with Crippen LogP contribution in [-0.4, -0.2) is 25.5 Å². The average Bonchev–Trinajstić information content (AvgIpc) is 3.07. The Morgan fingerprint density at radius 3 is 3.05 bits per heavy atom. The molecule has 2 heterocycles. The van der Waals surface area contributed by atoms with E-state index in [9.17, 15) is 4.79 Å². The molecule has 1 unspecified atom stereocenters. The smallest absolute Gasteiger partial charge is 0.144 e. The number of Topliss-reactive ketones (excluding diaryl/α,β-unsaturated/α-hetero) is 1. The van der Waals surface area contributed by atoms with Crippen LogP contribution >= 0.6 is 15.9 Å². The van der Waals surface area contributed by atoms with Gasteiger partial charge in [0.15, 0.2) is 0 Å². The summed E-state index contributed by atoms with van der Waals surface area (Å²) in [6.07, 6.45) is 3.29. The van der Waals surface area contributed by atoms with Gasteiger partial charge in [0.05, 0.1) is 6.61 Å². The van der Waals surface area contributed by atoms with Crippen LogP contribution in [0.5, 0.6) is 5.75 Å². The van der Waals surface area contributed by atoms with Gasteiger partial charge in [-0.05, 0) is 37.1 Å². The first-order valence-corrected chi connectivity index (χ1v) is 8.12. The normalized spacial score (nSPS) is 24.5. The Bertz CT molecular complexity index is 536. The van der Waals surface area contributed by atoms with E-state index in [4.69, 9.17) is 4.74 Å². The third kappa shape index (κ3) is 2.40. The van der Waals surface area contributed by atoms with Gasteiger partial charge in [-0.25, -0.2) is 0 Å². The third-order valence-corrected chi connectivity index (χ3v) is 5.15. The maximum atomic E-state index is 12.8. The molecule has 1 saturated heterocycles. The van der Waals surface area contributed by atoms with E-state index in [0.29, 0.717) is 12.2 Å². The van der Waals surface area contributed by atoms with Gasteiger partial charge in [-0.1, -0.05) is 22.9 Å². The highest BCUT2D eigenvalue weighted by molar-refractivity contribution is 9.10. The maximum Gasteiger partial charge on any atom is 0.144 e. The van der Waals surface area contributed by atoms with Crippen LogP contribution in [0.3, 0.4) is 0 Å². The lowest BCUT2D eigenvalue weighted by Gasteiger charge is -2.25. The maximum absolute atomic E-state index is 12.8. The van der Waals surface area contributed by atoms with Crippen LogP contribution in [0.2, 0.25) is 0 Å². The molecule has 1 aromatic rings. The summed E-state index contributed by atoms with van der Waals surface area (Å²) < 4.78 is 6.77. The molecule has 1 fully saturated rings. The molecule has 1 aromatic carbocycles. The van der Waals surface area contributed by atoms with Gasteiger partial charge >= 0.3 is 0 Å². The second kappa shape index (κ2) is 5.49. The lowest BCUT2D eigenvalue weighted by atomic mass is 9.77. The van der Waals surface area contributed by atoms with E-state index < -0.39 is 0 Å². The number of hydrogen-bond acceptors (Lipinski definition) is 3. The highest BCUT2D eigenvalue weighted by atomic mass is 79.9. The van der Waals surface area contributed by atoms with Crippen molar-refractivity contribution in [2.45, 2.75) is 32.6 Å². The number of ether oxygens (including phenoxy) is 1. The van der Waals surface area contributed by atoms with Crippen molar-refractivity contribution in [3.63, 3.8) is 0 Å². The molecule has 0 bridgehead atoms. The molecule has 3 nitrogen and oxygen atoms in total. The summed E-state index contributed by atoms with van der Waals surface area (Å²) in [6.45, 7) is 4.62. The Morgan fingerprint density at radius 2 is 2.35 bits per heavy atom. The Balaban J connectivity index is 1.86. The monoisotopic (exact) mass is 337 g/mol. The zero-order valence-corrected chi connectivity index (χ0v) is 13.4. The SMILES string of the molecule is CCC1(C(=O)Cc2cc(Br)cc3c2OCC3)CCNC1. The van der Waals surface area contributed by atoms with Gasteiger partial charge in [0.25, 0.3) is 0 Å². The number of carbonyl (C=O) groups excluding carboxylic acids is 1. The minimum absolute atomic E-state index is 0.173. The molecule has 1 N–H and O–H groups in total. The molecule has 20 heavy (non-hydrogen) atoms. The first-order valence-electron chi connectivity index (χ1n) is 7.33. The van der Waals surface area contributed by atoms with Gasteiger partial charge in [-0.3, -0.25) is 4.79 Å². The van der Waals surface area contributed by atoms with Gasteiger partial charge in [0, 0.05) is 34.8 Å². The van der Waals surface area contributed by atoms with Crippen molar-refractivity contribution < 1.29 is 9.53 Å². The van der Waals surface area contributed by atoms with E-state index in [1.807, 2.05) is 6.07 Å². The van der Waals surface area contributed by atoms with Crippen LogP contribution < -0.4 is 10.1 Å². The summed E-state index contributed by atoms with van der Waals surface area (Å²) >= 11 is 3.54. The quantitative estimate of drug-likeness (QED) is 0.917. The zero-order chi connectivity index (χ0) is 14.2. The molecular weight excluding hydrogens is 318 g/mol. The summed E-state index contributed by atoms with van der Waals surface area (Å²) in [6, 6.07) is 4.14. The Hall–Kier alpha value is -0.870. The van der Waals surface area contributed by atoms with Crippen molar-refractivity contribution in [1.82, 2.24) is 5.32 Å². The Labute approximate surface area is 128 Å². The molecule has 0 spiro atoms. The molecule has 2 aliphatic rings. The van der Waals surface area contributed by atoms with Gasteiger partial charge in [-0.2, -0.15) is 0 Å². The van der Waals surface area contributed by atoms with Crippen LogP contribution in [0.4, 0.5) is 0 Å². The van der Waals surface area contributed by atoms with E-state index >= 15 is 0 Å². The minimum Gasteiger partial charge on any atom is -0.493 e. The first kappa shape index (κ1) is 14.1. The predicted molar refractivity (Wildman–Crippen MR) is 82.3 cm³/mol. The summed E-state index contributed by atoms with van der Waals surface area (Å²) in [5.74, 6) is 1.29. The van der Waals surface area contributed by atoms with Gasteiger partial charge < -0.3 is 10.1 Å². The van der Waals surface area contributed by atoms with E-state index in [1.54, 1.807) is 0 Å². The van der Waals surface area contributed by atoms with Crippen LogP contribution in [0, 0.1) is 5.41 Å². The molecule has 0 aromatic heterocycles. The molecule has 2 aliphatic heterocycles. The van der Waals surface area contributed by atoms with E-state index in [0.717, 1.165) is 54.7 Å². The first-order chi connectivity index (χ1) is 9.64. The summed E-state index contributed by atoms with van der Waals surface area (Å²) in [5, 5.41) is 3.33. The molecule has 0 radical (unpaired) electrons. The van der Waals surface area contributed by atoms with Crippen LogP contribution in [0.15, 0.2) is 16.6 Å². The molecular formula is C16H20BrNO2. The van der Waals surface area contributed by atoms with Crippen molar-refractivity contribution in [2.75, 3.05) is 19.7 Å². The van der Waals surface area contributed by atoms with Crippen molar-refractivity contribution >= 4 is 21.7 Å². The largest absolute Gasteiger partial charge is 0.493 e. The van der Waals surface area contributed by atoms with Gasteiger partial charge in [0.1, 0.15) is 11.5 Å². The highest BCUT2D eigenvalue weighted by Crippen LogP contribution is 2.37. The molecule has 4 heteroatoms. The van der Waals surface area contributed by atoms with E-state index in [-0.39, 0.29) is 5.41 Å². The molecule has 108 valence electrons. The number of rotatable bonds is 4. The third-order valence-electron chi connectivity index (χ3n) is 4.69. The van der Waals surface area contributed by atoms with E-state index in [1.165, 1.54) is 5.56 Å². The lowest BCUT2D eigenvalue weighted by molar-refractivity contribution is -0.127. The number of benzene rings is 1. The summed E-state index contributed by atoms with van der Waals surface area (Å²) in [4.78, 5) is 12.8. The number of fused-ring (bicyclic) bond motifs is 1. The standard InChI is InChI=1S/C16H20BrNO2/c1-2-16(4-5-18-10-16)14(19)9-12-8-13(17)7-11-3-6-20-15(11)12/h7-8,18H,2-6,9-10H2,1H3. The topological polar surface area (TPSA) is 38.3 Å². The number of ketones is 1. The number of nitrogens with one attached hydrogen (secondary N) is 1. The fraction of sp³-hybridized carbons (Fsp3) is 0.562. The minimum atomic E-state index is -0.173. The van der Waals surface area contributed by atoms with Gasteiger partial charge in [-0.15, -0.1) is 0 Å². The van der Waals surface area contributed by atoms with Crippen LogP contribution in [0.1, 0.15) is 30.9 Å². The molecule has 0 amide bonds. The second-order valence-corrected chi connectivity index (χ2v) is 6.73. The predicted octanol–water partition coefficient (Wildman–Crippen LogP) is 2.89. The van der Waals surface area contributed by atoms with Crippen molar-refractivity contribution in [1.29, 1.82) is 0 Å². The number of hydrogen-bond donors (Lipinski definition) is 1. The van der Waals surface area contributed by atoms with Crippen molar-refractivity contribution in [2.24, 2.45) is 5.41 Å². The number of halogens is 1. The lowest BCUT2D eigenvalue weighted by Crippen LogP contribution is -2.34.